The van der Waals surface area contributed by atoms with Gasteiger partial charge in [-0.2, -0.15) is 5.10 Å². The number of aromatic nitrogens is 3. The van der Waals surface area contributed by atoms with E-state index in [9.17, 15) is 0 Å². The van der Waals surface area contributed by atoms with Crippen molar-refractivity contribution in [3.8, 4) is 11.3 Å². The van der Waals surface area contributed by atoms with Crippen LogP contribution in [-0.2, 0) is 11.8 Å². The van der Waals surface area contributed by atoms with Crippen molar-refractivity contribution < 1.29 is 4.74 Å². The molecule has 1 unspecified atom stereocenters. The molecule has 3 rings (SSSR count). The van der Waals surface area contributed by atoms with Gasteiger partial charge in [-0.3, -0.25) is 4.68 Å². The summed E-state index contributed by atoms with van der Waals surface area (Å²) in [7, 11) is 1.91. The van der Waals surface area contributed by atoms with Gasteiger partial charge in [0.05, 0.1) is 31.1 Å². The van der Waals surface area contributed by atoms with Gasteiger partial charge in [0.2, 0.25) is 0 Å². The molecule has 98 valence electrons. The number of rotatable bonds is 2. The van der Waals surface area contributed by atoms with E-state index in [2.05, 4.69) is 20.8 Å². The minimum Gasteiger partial charge on any atom is -0.378 e. The molecule has 1 N–H and O–H groups in total. The first-order valence-corrected chi connectivity index (χ1v) is 6.46. The average molecular weight is 287 g/mol. The summed E-state index contributed by atoms with van der Waals surface area (Å²) in [5.74, 6) is 0. The standard InChI is InChI=1S/C11H14N4OS.ClH/c1-15-5-8(4-13-15)10-7-17-11(14-10)9-6-16-3-2-12-9;/h4-5,7,9,12H,2-3,6H2,1H3;1H. The smallest absolute Gasteiger partial charge is 0.113 e. The molecule has 7 heteroatoms. The lowest BCUT2D eigenvalue weighted by Crippen LogP contribution is -2.34. The number of morpholine rings is 1. The van der Waals surface area contributed by atoms with Gasteiger partial charge < -0.3 is 10.1 Å². The van der Waals surface area contributed by atoms with E-state index < -0.39 is 0 Å². The first kappa shape index (κ1) is 13.5. The fourth-order valence-corrected chi connectivity index (χ4v) is 2.75. The van der Waals surface area contributed by atoms with Crippen LogP contribution in [0.4, 0.5) is 0 Å². The number of hydrogen-bond donors (Lipinski definition) is 1. The van der Waals surface area contributed by atoms with Gasteiger partial charge >= 0.3 is 0 Å². The van der Waals surface area contributed by atoms with E-state index >= 15 is 0 Å². The van der Waals surface area contributed by atoms with Crippen LogP contribution in [0.25, 0.3) is 11.3 Å². The molecule has 0 bridgehead atoms. The molecule has 1 aliphatic rings. The van der Waals surface area contributed by atoms with Crippen molar-refractivity contribution in [1.29, 1.82) is 0 Å². The Bertz CT molecular complexity index is 507. The van der Waals surface area contributed by atoms with Crippen LogP contribution < -0.4 is 5.32 Å². The molecule has 0 spiro atoms. The van der Waals surface area contributed by atoms with Crippen LogP contribution in [0.5, 0.6) is 0 Å². The first-order valence-electron chi connectivity index (χ1n) is 5.58. The van der Waals surface area contributed by atoms with E-state index in [1.165, 1.54) is 0 Å². The van der Waals surface area contributed by atoms with Crippen LogP contribution in [0.1, 0.15) is 11.0 Å². The summed E-state index contributed by atoms with van der Waals surface area (Å²) < 4.78 is 7.23. The quantitative estimate of drug-likeness (QED) is 0.912. The lowest BCUT2D eigenvalue weighted by molar-refractivity contribution is 0.0768. The molecule has 0 amide bonds. The van der Waals surface area contributed by atoms with Crippen LogP contribution in [0.15, 0.2) is 17.8 Å². The number of ether oxygens (including phenoxy) is 1. The highest BCUT2D eigenvalue weighted by Gasteiger charge is 2.19. The fourth-order valence-electron chi connectivity index (χ4n) is 1.86. The Morgan fingerprint density at radius 1 is 1.56 bits per heavy atom. The Morgan fingerprint density at radius 3 is 3.11 bits per heavy atom. The summed E-state index contributed by atoms with van der Waals surface area (Å²) in [5, 5.41) is 10.7. The van der Waals surface area contributed by atoms with E-state index in [1.807, 2.05) is 19.4 Å². The first-order chi connectivity index (χ1) is 8.33. The normalized spacial score (nSPS) is 19.5. The van der Waals surface area contributed by atoms with Crippen molar-refractivity contribution in [2.24, 2.45) is 7.05 Å². The summed E-state index contributed by atoms with van der Waals surface area (Å²) in [6.45, 7) is 2.39. The van der Waals surface area contributed by atoms with E-state index in [0.29, 0.717) is 6.61 Å². The molecular weight excluding hydrogens is 272 g/mol. The van der Waals surface area contributed by atoms with Crippen LogP contribution >= 0.6 is 23.7 Å². The summed E-state index contributed by atoms with van der Waals surface area (Å²) in [4.78, 5) is 4.64. The van der Waals surface area contributed by atoms with Crippen LogP contribution in [0.2, 0.25) is 0 Å². The maximum absolute atomic E-state index is 5.44. The van der Waals surface area contributed by atoms with Gasteiger partial charge in [-0.15, -0.1) is 23.7 Å². The molecule has 1 aliphatic heterocycles. The molecule has 0 radical (unpaired) electrons. The summed E-state index contributed by atoms with van der Waals surface area (Å²) in [6.07, 6.45) is 3.81. The third-order valence-corrected chi connectivity index (χ3v) is 3.70. The van der Waals surface area contributed by atoms with Crippen molar-refractivity contribution in [2.45, 2.75) is 6.04 Å². The highest BCUT2D eigenvalue weighted by Crippen LogP contribution is 2.25. The minimum absolute atomic E-state index is 0. The second kappa shape index (κ2) is 5.79. The Kier molecular flexibility index (Phi) is 4.34. The predicted molar refractivity (Wildman–Crippen MR) is 73.1 cm³/mol. The van der Waals surface area contributed by atoms with Crippen molar-refractivity contribution in [3.63, 3.8) is 0 Å². The number of nitrogens with one attached hydrogen (secondary N) is 1. The van der Waals surface area contributed by atoms with Crippen molar-refractivity contribution in [1.82, 2.24) is 20.1 Å². The summed E-state index contributed by atoms with van der Waals surface area (Å²) >= 11 is 1.67. The maximum Gasteiger partial charge on any atom is 0.113 e. The molecule has 0 aromatic carbocycles. The zero-order chi connectivity index (χ0) is 11.7. The van der Waals surface area contributed by atoms with Crippen LogP contribution in [-0.4, -0.2) is 34.5 Å². The van der Waals surface area contributed by atoms with Crippen molar-refractivity contribution in [3.05, 3.63) is 22.8 Å². The van der Waals surface area contributed by atoms with Crippen molar-refractivity contribution in [2.75, 3.05) is 19.8 Å². The van der Waals surface area contributed by atoms with E-state index in [4.69, 9.17) is 4.74 Å². The second-order valence-electron chi connectivity index (χ2n) is 4.06. The van der Waals surface area contributed by atoms with E-state index in [0.717, 1.165) is 29.4 Å². The molecule has 18 heavy (non-hydrogen) atoms. The van der Waals surface area contributed by atoms with Gasteiger partial charge in [-0.1, -0.05) is 0 Å². The number of halogens is 1. The monoisotopic (exact) mass is 286 g/mol. The number of thiazole rings is 1. The van der Waals surface area contributed by atoms with Gasteiger partial charge in [-0.05, 0) is 0 Å². The maximum atomic E-state index is 5.44. The zero-order valence-corrected chi connectivity index (χ0v) is 11.6. The lowest BCUT2D eigenvalue weighted by Gasteiger charge is -2.21. The molecule has 1 fully saturated rings. The number of nitrogens with zero attached hydrogens (tertiary/aromatic N) is 3. The Labute approximate surface area is 116 Å². The second-order valence-corrected chi connectivity index (χ2v) is 4.94. The highest BCUT2D eigenvalue weighted by atomic mass is 35.5. The third kappa shape index (κ3) is 2.72. The molecule has 3 heterocycles. The van der Waals surface area contributed by atoms with E-state index in [-0.39, 0.29) is 18.4 Å². The molecular formula is C11H15ClN4OS. The lowest BCUT2D eigenvalue weighted by atomic mass is 10.2. The minimum atomic E-state index is 0. The molecule has 1 saturated heterocycles. The van der Waals surface area contributed by atoms with Gasteiger partial charge in [-0.25, -0.2) is 4.98 Å². The number of hydrogen-bond acceptors (Lipinski definition) is 5. The molecule has 2 aromatic rings. The van der Waals surface area contributed by atoms with Gasteiger partial charge in [0, 0.05) is 30.7 Å². The molecule has 2 aromatic heterocycles. The Hall–Kier alpha value is -0.950. The zero-order valence-electron chi connectivity index (χ0n) is 10.00. The molecule has 0 aliphatic carbocycles. The van der Waals surface area contributed by atoms with Gasteiger partial charge in [0.15, 0.2) is 0 Å². The molecule has 0 saturated carbocycles. The van der Waals surface area contributed by atoms with Crippen molar-refractivity contribution >= 4 is 23.7 Å². The third-order valence-electron chi connectivity index (χ3n) is 2.74. The highest BCUT2D eigenvalue weighted by molar-refractivity contribution is 7.10. The average Bonchev–Trinajstić information content (AvgIpc) is 2.98. The summed E-state index contributed by atoms with van der Waals surface area (Å²) in [5.41, 5.74) is 2.05. The largest absolute Gasteiger partial charge is 0.378 e. The van der Waals surface area contributed by atoms with Crippen LogP contribution in [0, 0.1) is 0 Å². The SMILES string of the molecule is Cl.Cn1cc(-c2csc(C3COCCN3)n2)cn1. The topological polar surface area (TPSA) is 52.0 Å². The Morgan fingerprint density at radius 2 is 2.44 bits per heavy atom. The van der Waals surface area contributed by atoms with Gasteiger partial charge in [0.1, 0.15) is 5.01 Å². The predicted octanol–water partition coefficient (Wildman–Crippen LogP) is 1.63. The van der Waals surface area contributed by atoms with E-state index in [1.54, 1.807) is 16.0 Å². The molecule has 1 atom stereocenters. The fraction of sp³-hybridized carbons (Fsp3) is 0.455. The van der Waals surface area contributed by atoms with Crippen LogP contribution in [0.3, 0.4) is 0 Å². The van der Waals surface area contributed by atoms with Gasteiger partial charge in [0.25, 0.3) is 0 Å². The number of aryl methyl sites for hydroxylation is 1. The molecule has 5 nitrogen and oxygen atoms in total. The Balaban J connectivity index is 0.00000120. The summed E-state index contributed by atoms with van der Waals surface area (Å²) in [6, 6.07) is 0.235.